The summed E-state index contributed by atoms with van der Waals surface area (Å²) in [6, 6.07) is 18.8. The number of nitrogen functional groups attached to an aromatic ring is 1. The molecule has 5 aromatic rings. The van der Waals surface area contributed by atoms with Gasteiger partial charge in [0.2, 0.25) is 11.8 Å². The van der Waals surface area contributed by atoms with Gasteiger partial charge < -0.3 is 25.1 Å². The molecule has 9 heteroatoms. The van der Waals surface area contributed by atoms with Crippen molar-refractivity contribution in [1.82, 2.24) is 19.5 Å². The number of aryl methyl sites for hydroxylation is 2. The lowest BCUT2D eigenvalue weighted by Crippen LogP contribution is -2.07. The molecule has 0 spiro atoms. The van der Waals surface area contributed by atoms with Crippen LogP contribution in [0.2, 0.25) is 0 Å². The highest BCUT2D eigenvalue weighted by molar-refractivity contribution is 6.08. The second kappa shape index (κ2) is 10.1. The van der Waals surface area contributed by atoms with Gasteiger partial charge in [0.25, 0.3) is 0 Å². The standard InChI is InChI=1S/C29H26N6O3/c1-5-23(36)34-20-10-7-9-19(14-20)27-25(26-28(30)31-16-32-29(26)35(27)3)18-12-13-21(22(15-18)37-4)38-24-11-6-8-17(2)33-24/h5-16H,1H2,2-4H3,(H,34,36)(H2,30,31,32). The molecule has 38 heavy (non-hydrogen) atoms. The van der Waals surface area contributed by atoms with Crippen molar-refractivity contribution in [3.05, 3.63) is 85.3 Å². The fraction of sp³-hybridized carbons (Fsp3) is 0.103. The van der Waals surface area contributed by atoms with E-state index >= 15 is 0 Å². The van der Waals surface area contributed by atoms with Crippen LogP contribution in [-0.4, -0.2) is 32.5 Å². The lowest BCUT2D eigenvalue weighted by molar-refractivity contribution is -0.111. The molecule has 2 aromatic carbocycles. The Morgan fingerprint density at radius 2 is 1.87 bits per heavy atom. The molecule has 0 bridgehead atoms. The second-order valence-corrected chi connectivity index (χ2v) is 8.60. The van der Waals surface area contributed by atoms with Gasteiger partial charge in [0, 0.05) is 35.6 Å². The van der Waals surface area contributed by atoms with Crippen LogP contribution in [0.15, 0.2) is 79.6 Å². The first-order valence-electron chi connectivity index (χ1n) is 11.8. The lowest BCUT2D eigenvalue weighted by Gasteiger charge is -2.14. The second-order valence-electron chi connectivity index (χ2n) is 8.60. The molecule has 0 aliphatic carbocycles. The first kappa shape index (κ1) is 24.5. The average Bonchev–Trinajstić information content (AvgIpc) is 3.22. The molecule has 0 fully saturated rings. The van der Waals surface area contributed by atoms with Gasteiger partial charge in [0.05, 0.1) is 18.2 Å². The highest BCUT2D eigenvalue weighted by Gasteiger charge is 2.23. The zero-order valence-corrected chi connectivity index (χ0v) is 21.2. The predicted molar refractivity (Wildman–Crippen MR) is 148 cm³/mol. The topological polar surface area (TPSA) is 117 Å². The van der Waals surface area contributed by atoms with E-state index in [9.17, 15) is 4.79 Å². The Hall–Kier alpha value is -5.18. The predicted octanol–water partition coefficient (Wildman–Crippen LogP) is 5.51. The molecule has 0 saturated carbocycles. The molecule has 1 amide bonds. The van der Waals surface area contributed by atoms with Crippen LogP contribution in [0.25, 0.3) is 33.4 Å². The van der Waals surface area contributed by atoms with Gasteiger partial charge in [-0.25, -0.2) is 15.0 Å². The van der Waals surface area contributed by atoms with Crippen molar-refractivity contribution in [2.24, 2.45) is 7.05 Å². The average molecular weight is 507 g/mol. The zero-order valence-electron chi connectivity index (χ0n) is 21.2. The number of rotatable bonds is 7. The maximum Gasteiger partial charge on any atom is 0.247 e. The van der Waals surface area contributed by atoms with Crippen molar-refractivity contribution in [2.75, 3.05) is 18.2 Å². The summed E-state index contributed by atoms with van der Waals surface area (Å²) < 4.78 is 13.7. The molecule has 5 rings (SSSR count). The summed E-state index contributed by atoms with van der Waals surface area (Å²) in [5.41, 5.74) is 11.9. The van der Waals surface area contributed by atoms with Crippen LogP contribution in [0.3, 0.4) is 0 Å². The van der Waals surface area contributed by atoms with E-state index in [0.29, 0.717) is 39.9 Å². The van der Waals surface area contributed by atoms with Gasteiger partial charge in [-0.1, -0.05) is 30.8 Å². The number of benzene rings is 2. The van der Waals surface area contributed by atoms with Crippen molar-refractivity contribution in [2.45, 2.75) is 6.92 Å². The van der Waals surface area contributed by atoms with Crippen LogP contribution in [0.5, 0.6) is 17.4 Å². The highest BCUT2D eigenvalue weighted by Crippen LogP contribution is 2.44. The van der Waals surface area contributed by atoms with Gasteiger partial charge in [-0.2, -0.15) is 0 Å². The van der Waals surface area contributed by atoms with Gasteiger partial charge in [0.1, 0.15) is 17.8 Å². The van der Waals surface area contributed by atoms with E-state index in [1.54, 1.807) is 13.2 Å². The van der Waals surface area contributed by atoms with Crippen molar-refractivity contribution in [3.8, 4) is 39.8 Å². The largest absolute Gasteiger partial charge is 0.493 e. The molecule has 9 nitrogen and oxygen atoms in total. The number of hydrogen-bond donors (Lipinski definition) is 2. The molecule has 0 saturated heterocycles. The summed E-state index contributed by atoms with van der Waals surface area (Å²) in [6.07, 6.45) is 2.67. The van der Waals surface area contributed by atoms with Crippen LogP contribution < -0.4 is 20.5 Å². The summed E-state index contributed by atoms with van der Waals surface area (Å²) >= 11 is 0. The third kappa shape index (κ3) is 4.53. The zero-order chi connectivity index (χ0) is 26.8. The molecule has 0 atom stereocenters. The minimum Gasteiger partial charge on any atom is -0.493 e. The molecule has 0 radical (unpaired) electrons. The van der Waals surface area contributed by atoms with Gasteiger partial charge in [0.15, 0.2) is 11.5 Å². The fourth-order valence-corrected chi connectivity index (χ4v) is 4.43. The number of carbonyl (C=O) groups is 1. The van der Waals surface area contributed by atoms with Crippen molar-refractivity contribution in [3.63, 3.8) is 0 Å². The number of fused-ring (bicyclic) bond motifs is 1. The third-order valence-corrected chi connectivity index (χ3v) is 6.12. The summed E-state index contributed by atoms with van der Waals surface area (Å²) in [5, 5.41) is 3.53. The summed E-state index contributed by atoms with van der Waals surface area (Å²) in [6.45, 7) is 5.43. The maximum atomic E-state index is 11.9. The third-order valence-electron chi connectivity index (χ3n) is 6.12. The number of aromatic nitrogens is 4. The Labute approximate surface area is 219 Å². The van der Waals surface area contributed by atoms with Crippen LogP contribution in [-0.2, 0) is 11.8 Å². The fourth-order valence-electron chi connectivity index (χ4n) is 4.43. The first-order chi connectivity index (χ1) is 18.4. The number of ether oxygens (including phenoxy) is 2. The minimum atomic E-state index is -0.294. The first-order valence-corrected chi connectivity index (χ1v) is 11.8. The smallest absolute Gasteiger partial charge is 0.247 e. The van der Waals surface area contributed by atoms with Crippen LogP contribution in [0.4, 0.5) is 11.5 Å². The number of anilines is 2. The monoisotopic (exact) mass is 506 g/mol. The quantitative estimate of drug-likeness (QED) is 0.279. The van der Waals surface area contributed by atoms with Crippen molar-refractivity contribution < 1.29 is 14.3 Å². The number of nitrogens with two attached hydrogens (primary N) is 1. The number of methoxy groups -OCH3 is 1. The Morgan fingerprint density at radius 3 is 2.63 bits per heavy atom. The molecule has 0 aliphatic rings. The normalized spacial score (nSPS) is 10.8. The lowest BCUT2D eigenvalue weighted by atomic mass is 9.98. The highest BCUT2D eigenvalue weighted by atomic mass is 16.5. The van der Waals surface area contributed by atoms with E-state index < -0.39 is 0 Å². The van der Waals surface area contributed by atoms with E-state index in [1.165, 1.54) is 12.4 Å². The van der Waals surface area contributed by atoms with Gasteiger partial charge >= 0.3 is 0 Å². The molecule has 0 unspecified atom stereocenters. The summed E-state index contributed by atoms with van der Waals surface area (Å²) in [4.78, 5) is 25.1. The van der Waals surface area contributed by atoms with E-state index in [2.05, 4.69) is 26.8 Å². The molecule has 0 aliphatic heterocycles. The van der Waals surface area contributed by atoms with Crippen molar-refractivity contribution in [1.29, 1.82) is 0 Å². The van der Waals surface area contributed by atoms with Crippen molar-refractivity contribution >= 4 is 28.4 Å². The number of amides is 1. The Balaban J connectivity index is 1.69. The molecular weight excluding hydrogens is 480 g/mol. The number of carbonyl (C=O) groups excluding carboxylic acids is 1. The molecule has 3 heterocycles. The van der Waals surface area contributed by atoms with Crippen LogP contribution in [0.1, 0.15) is 5.69 Å². The SMILES string of the molecule is C=CC(=O)Nc1cccc(-c2c(-c3ccc(Oc4cccc(C)n4)c(OC)c3)c3c(N)ncnc3n2C)c1. The minimum absolute atomic E-state index is 0.294. The van der Waals surface area contributed by atoms with Gasteiger partial charge in [-0.15, -0.1) is 0 Å². The van der Waals surface area contributed by atoms with E-state index in [-0.39, 0.29) is 5.91 Å². The Morgan fingerprint density at radius 1 is 1.05 bits per heavy atom. The maximum absolute atomic E-state index is 11.9. The number of pyridine rings is 1. The summed E-state index contributed by atoms with van der Waals surface area (Å²) in [5.74, 6) is 1.58. The van der Waals surface area contributed by atoms with E-state index in [0.717, 1.165) is 28.1 Å². The summed E-state index contributed by atoms with van der Waals surface area (Å²) in [7, 11) is 3.50. The molecule has 3 aromatic heterocycles. The van der Waals surface area contributed by atoms with Gasteiger partial charge in [-0.05, 0) is 48.9 Å². The van der Waals surface area contributed by atoms with E-state index in [1.807, 2.05) is 73.1 Å². The number of hydrogen-bond acceptors (Lipinski definition) is 7. The van der Waals surface area contributed by atoms with Gasteiger partial charge in [-0.3, -0.25) is 4.79 Å². The van der Waals surface area contributed by atoms with Crippen LogP contribution >= 0.6 is 0 Å². The van der Waals surface area contributed by atoms with Crippen LogP contribution in [0, 0.1) is 6.92 Å². The molecule has 190 valence electrons. The van der Waals surface area contributed by atoms with E-state index in [4.69, 9.17) is 15.2 Å². The Kier molecular flexibility index (Phi) is 6.49. The Bertz CT molecular complexity index is 1690. The number of nitrogens with one attached hydrogen (secondary N) is 1. The molecular formula is C29H26N6O3. The number of nitrogens with zero attached hydrogens (tertiary/aromatic N) is 4. The molecule has 3 N–H and O–H groups in total.